The fourth-order valence-electron chi connectivity index (χ4n) is 2.10. The van der Waals surface area contributed by atoms with Gasteiger partial charge in [-0.3, -0.25) is 0 Å². The van der Waals surface area contributed by atoms with Crippen LogP contribution in [0.4, 0.5) is 0 Å². The Morgan fingerprint density at radius 1 is 1.25 bits per heavy atom. The lowest BCUT2D eigenvalue weighted by Gasteiger charge is -2.15. The second-order valence-electron chi connectivity index (χ2n) is 4.73. The Kier molecular flexibility index (Phi) is 2.62. The van der Waals surface area contributed by atoms with Crippen LogP contribution in [0, 0.1) is 0 Å². The van der Waals surface area contributed by atoms with Gasteiger partial charge in [-0.25, -0.2) is 0 Å². The summed E-state index contributed by atoms with van der Waals surface area (Å²) in [6, 6.07) is 0.142. The zero-order valence-electron chi connectivity index (χ0n) is 9.99. The van der Waals surface area contributed by atoms with Crippen molar-refractivity contribution in [3.8, 4) is 11.6 Å². The van der Waals surface area contributed by atoms with Crippen molar-refractivity contribution in [1.82, 2.24) is 0 Å². The molecule has 3 heteroatoms. The lowest BCUT2D eigenvalue weighted by Crippen LogP contribution is -2.37. The molecule has 0 unspecified atom stereocenters. The highest BCUT2D eigenvalue weighted by Gasteiger charge is 2.25. The first-order chi connectivity index (χ1) is 7.50. The van der Waals surface area contributed by atoms with Gasteiger partial charge in [-0.2, -0.15) is 4.57 Å². The fourth-order valence-corrected chi connectivity index (χ4v) is 2.10. The van der Waals surface area contributed by atoms with Crippen LogP contribution in [0.5, 0.6) is 11.6 Å². The molecule has 2 N–H and O–H groups in total. The topological polar surface area (TPSA) is 44.3 Å². The third-order valence-corrected chi connectivity index (χ3v) is 3.09. The molecule has 1 aliphatic rings. The number of hydrogen-bond donors (Lipinski definition) is 2. The number of aromatic nitrogens is 1. The van der Waals surface area contributed by atoms with E-state index in [1.807, 2.05) is 33.0 Å². The Morgan fingerprint density at radius 2 is 1.94 bits per heavy atom. The molecule has 1 aromatic heterocycles. The van der Waals surface area contributed by atoms with Crippen molar-refractivity contribution >= 4 is 6.08 Å². The lowest BCUT2D eigenvalue weighted by molar-refractivity contribution is -0.722. The maximum Gasteiger partial charge on any atom is 0.409 e. The van der Waals surface area contributed by atoms with Gasteiger partial charge in [0, 0.05) is 11.1 Å². The van der Waals surface area contributed by atoms with Gasteiger partial charge in [-0.1, -0.05) is 11.6 Å². The summed E-state index contributed by atoms with van der Waals surface area (Å²) >= 11 is 0. The molecule has 0 saturated carbocycles. The highest BCUT2D eigenvalue weighted by molar-refractivity contribution is 5.65. The van der Waals surface area contributed by atoms with E-state index in [0.29, 0.717) is 0 Å². The minimum atomic E-state index is -0.0419. The third kappa shape index (κ3) is 1.66. The van der Waals surface area contributed by atoms with Crippen molar-refractivity contribution in [3.63, 3.8) is 0 Å². The van der Waals surface area contributed by atoms with Gasteiger partial charge in [0.15, 0.2) is 12.2 Å². The number of allylic oxidation sites excluding steroid dienone is 1. The summed E-state index contributed by atoms with van der Waals surface area (Å²) < 4.78 is 1.71. The van der Waals surface area contributed by atoms with Crippen molar-refractivity contribution in [2.75, 3.05) is 0 Å². The van der Waals surface area contributed by atoms with Crippen LogP contribution in [-0.2, 0) is 6.42 Å². The summed E-state index contributed by atoms with van der Waals surface area (Å²) in [5, 5.41) is 19.9. The molecule has 0 fully saturated rings. The fraction of sp³-hybridized carbons (Fsp3) is 0.462. The molecule has 16 heavy (non-hydrogen) atoms. The van der Waals surface area contributed by atoms with E-state index in [4.69, 9.17) is 0 Å². The van der Waals surface area contributed by atoms with Crippen LogP contribution in [0.15, 0.2) is 11.8 Å². The summed E-state index contributed by atoms with van der Waals surface area (Å²) in [6.07, 6.45) is 5.85. The van der Waals surface area contributed by atoms with Crippen molar-refractivity contribution in [2.45, 2.75) is 39.7 Å². The summed E-state index contributed by atoms with van der Waals surface area (Å²) in [7, 11) is 0. The van der Waals surface area contributed by atoms with Gasteiger partial charge in [0.05, 0.1) is 0 Å². The molecular formula is C13H18NO2+. The molecule has 1 aliphatic carbocycles. The maximum absolute atomic E-state index is 9.98. The number of nitrogens with zero attached hydrogens (tertiary/aromatic N) is 1. The molecule has 1 heterocycles. The van der Waals surface area contributed by atoms with Gasteiger partial charge < -0.3 is 10.2 Å². The van der Waals surface area contributed by atoms with E-state index in [1.165, 1.54) is 5.57 Å². The first kappa shape index (κ1) is 11.0. The van der Waals surface area contributed by atoms with Crippen LogP contribution >= 0.6 is 0 Å². The van der Waals surface area contributed by atoms with Crippen LogP contribution < -0.4 is 4.57 Å². The van der Waals surface area contributed by atoms with Crippen LogP contribution in [0.2, 0.25) is 0 Å². The molecule has 0 aliphatic heterocycles. The van der Waals surface area contributed by atoms with Crippen LogP contribution in [0.3, 0.4) is 0 Å². The molecule has 3 nitrogen and oxygen atoms in total. The van der Waals surface area contributed by atoms with E-state index in [2.05, 4.69) is 0 Å². The molecule has 86 valence electrons. The second kappa shape index (κ2) is 3.81. The quantitative estimate of drug-likeness (QED) is 0.713. The van der Waals surface area contributed by atoms with Gasteiger partial charge in [-0.15, -0.1) is 0 Å². The second-order valence-corrected chi connectivity index (χ2v) is 4.73. The Bertz CT molecular complexity index is 461. The number of aromatic hydroxyl groups is 2. The molecule has 0 spiro atoms. The van der Waals surface area contributed by atoms with Crippen molar-refractivity contribution in [2.24, 2.45) is 0 Å². The van der Waals surface area contributed by atoms with Crippen LogP contribution in [0.25, 0.3) is 6.08 Å². The normalized spacial score (nSPS) is 14.9. The Labute approximate surface area is 95.7 Å². The number of hydrogen-bond acceptors (Lipinski definition) is 2. The highest BCUT2D eigenvalue weighted by Crippen LogP contribution is 2.34. The molecular weight excluding hydrogens is 202 g/mol. The third-order valence-electron chi connectivity index (χ3n) is 3.09. The molecule has 2 rings (SSSR count). The van der Waals surface area contributed by atoms with Gasteiger partial charge in [0.2, 0.25) is 5.75 Å². The van der Waals surface area contributed by atoms with Crippen LogP contribution in [0.1, 0.15) is 44.4 Å². The number of fused-ring (bicyclic) bond motifs is 1. The average Bonchev–Trinajstić information content (AvgIpc) is 2.23. The van der Waals surface area contributed by atoms with Gasteiger partial charge in [0.25, 0.3) is 0 Å². The largest absolute Gasteiger partial charge is 0.499 e. The Balaban J connectivity index is 2.64. The molecule has 0 aromatic carbocycles. The van der Waals surface area contributed by atoms with Gasteiger partial charge in [-0.05, 0) is 33.6 Å². The minimum absolute atomic E-state index is 0.00486. The van der Waals surface area contributed by atoms with E-state index in [-0.39, 0.29) is 17.7 Å². The maximum atomic E-state index is 9.98. The summed E-state index contributed by atoms with van der Waals surface area (Å²) in [5.41, 5.74) is 3.12. The minimum Gasteiger partial charge on any atom is -0.499 e. The number of rotatable bonds is 1. The molecule has 0 atom stereocenters. The monoisotopic (exact) mass is 220 g/mol. The zero-order valence-corrected chi connectivity index (χ0v) is 9.99. The molecule has 0 radical (unpaired) electrons. The SMILES string of the molecule is CC1=Cc2c(c[n+](C(C)C)c(O)c2O)CC1. The van der Waals surface area contributed by atoms with Crippen molar-refractivity contribution < 1.29 is 14.8 Å². The Morgan fingerprint density at radius 3 is 2.56 bits per heavy atom. The average molecular weight is 220 g/mol. The van der Waals surface area contributed by atoms with Gasteiger partial charge in [0.1, 0.15) is 0 Å². The van der Waals surface area contributed by atoms with E-state index in [0.717, 1.165) is 24.0 Å². The number of aryl methyl sites for hydroxylation is 1. The molecule has 0 saturated heterocycles. The Hall–Kier alpha value is -1.51. The highest BCUT2D eigenvalue weighted by atomic mass is 16.3. The first-order valence-corrected chi connectivity index (χ1v) is 5.67. The van der Waals surface area contributed by atoms with E-state index < -0.39 is 0 Å². The van der Waals surface area contributed by atoms with Crippen LogP contribution in [-0.4, -0.2) is 10.2 Å². The smallest absolute Gasteiger partial charge is 0.409 e. The summed E-state index contributed by atoms with van der Waals surface area (Å²) in [4.78, 5) is 0. The predicted octanol–water partition coefficient (Wildman–Crippen LogP) is 2.32. The first-order valence-electron chi connectivity index (χ1n) is 5.67. The standard InChI is InChI=1S/C13H17NO2/c1-8(2)14-7-10-5-4-9(3)6-11(10)12(15)13(14)16/h6-8,15H,4-5H2,1-3H3/p+1. The van der Waals surface area contributed by atoms with E-state index in [9.17, 15) is 10.2 Å². The van der Waals surface area contributed by atoms with Gasteiger partial charge >= 0.3 is 5.88 Å². The van der Waals surface area contributed by atoms with Crippen molar-refractivity contribution in [1.29, 1.82) is 0 Å². The molecule has 0 amide bonds. The zero-order chi connectivity index (χ0) is 11.9. The molecule has 1 aromatic rings. The predicted molar refractivity (Wildman–Crippen MR) is 62.3 cm³/mol. The van der Waals surface area contributed by atoms with E-state index in [1.54, 1.807) is 4.57 Å². The van der Waals surface area contributed by atoms with E-state index >= 15 is 0 Å². The summed E-state index contributed by atoms with van der Waals surface area (Å²) in [5.74, 6) is -0.0371. The molecule has 0 bridgehead atoms. The summed E-state index contributed by atoms with van der Waals surface area (Å²) in [6.45, 7) is 6.01. The van der Waals surface area contributed by atoms with Crippen molar-refractivity contribution in [3.05, 3.63) is 22.9 Å². The lowest BCUT2D eigenvalue weighted by atomic mass is 9.93. The number of pyridine rings is 1.